The molecule has 0 saturated carbocycles. The second-order valence-corrected chi connectivity index (χ2v) is 2.64. The van der Waals surface area contributed by atoms with Gasteiger partial charge in [-0.15, -0.1) is 0 Å². The van der Waals surface area contributed by atoms with Crippen LogP contribution in [-0.4, -0.2) is 4.98 Å². The predicted octanol–water partition coefficient (Wildman–Crippen LogP) is 3.33. The van der Waals surface area contributed by atoms with Gasteiger partial charge in [0.1, 0.15) is 0 Å². The summed E-state index contributed by atoms with van der Waals surface area (Å²) in [6.07, 6.45) is 9.17. The first-order valence-corrected chi connectivity index (χ1v) is 4.07. The molecule has 0 saturated heterocycles. The van der Waals surface area contributed by atoms with Crippen molar-refractivity contribution in [3.63, 3.8) is 0 Å². The van der Waals surface area contributed by atoms with Crippen LogP contribution in [0.25, 0.3) is 5.57 Å². The molecule has 1 heterocycles. The highest BCUT2D eigenvalue weighted by atomic mass is 14.6. The van der Waals surface area contributed by atoms with Gasteiger partial charge in [0.15, 0.2) is 0 Å². The highest BCUT2D eigenvalue weighted by Crippen LogP contribution is 2.20. The fourth-order valence-corrected chi connectivity index (χ4v) is 1.10. The summed E-state index contributed by atoms with van der Waals surface area (Å²) in [7, 11) is 0. The van der Waals surface area contributed by atoms with Crippen molar-refractivity contribution in [1.82, 2.24) is 4.98 Å². The SMILES string of the molecule is C=C/C=C(\C=C)C(=C)c1cc[nH]c1. The molecule has 0 aliphatic heterocycles. The maximum absolute atomic E-state index is 3.98. The van der Waals surface area contributed by atoms with Crippen LogP contribution in [0, 0.1) is 0 Å². The van der Waals surface area contributed by atoms with E-state index in [4.69, 9.17) is 0 Å². The zero-order chi connectivity index (χ0) is 9.68. The topological polar surface area (TPSA) is 15.8 Å². The number of hydrogen-bond donors (Lipinski definition) is 1. The summed E-state index contributed by atoms with van der Waals surface area (Å²) in [4.78, 5) is 2.98. The Kier molecular flexibility index (Phi) is 3.09. The molecular formula is C12H13N. The van der Waals surface area contributed by atoms with E-state index in [2.05, 4.69) is 24.7 Å². The van der Waals surface area contributed by atoms with E-state index in [0.717, 1.165) is 16.7 Å². The lowest BCUT2D eigenvalue weighted by molar-refractivity contribution is 1.41. The van der Waals surface area contributed by atoms with E-state index in [1.54, 1.807) is 12.2 Å². The first-order valence-electron chi connectivity index (χ1n) is 4.07. The van der Waals surface area contributed by atoms with Gasteiger partial charge >= 0.3 is 0 Å². The maximum atomic E-state index is 3.98. The van der Waals surface area contributed by atoms with Crippen LogP contribution in [0.1, 0.15) is 5.56 Å². The van der Waals surface area contributed by atoms with E-state index >= 15 is 0 Å². The van der Waals surface area contributed by atoms with E-state index in [1.165, 1.54) is 0 Å². The van der Waals surface area contributed by atoms with E-state index in [-0.39, 0.29) is 0 Å². The fraction of sp³-hybridized carbons (Fsp3) is 0. The summed E-state index contributed by atoms with van der Waals surface area (Å²) < 4.78 is 0. The van der Waals surface area contributed by atoms with Gasteiger partial charge in [-0.1, -0.05) is 38.0 Å². The minimum absolute atomic E-state index is 0.955. The number of nitrogens with one attached hydrogen (secondary N) is 1. The molecule has 1 N–H and O–H groups in total. The van der Waals surface area contributed by atoms with Crippen molar-refractivity contribution in [2.45, 2.75) is 0 Å². The molecule has 0 aromatic carbocycles. The molecule has 1 rings (SSSR count). The summed E-state index contributed by atoms with van der Waals surface area (Å²) in [6.45, 7) is 11.3. The molecule has 66 valence electrons. The van der Waals surface area contributed by atoms with Crippen molar-refractivity contribution in [2.75, 3.05) is 0 Å². The second-order valence-electron chi connectivity index (χ2n) is 2.64. The van der Waals surface area contributed by atoms with Crippen molar-refractivity contribution in [3.8, 4) is 0 Å². The number of hydrogen-bond acceptors (Lipinski definition) is 0. The van der Waals surface area contributed by atoms with Crippen molar-refractivity contribution in [1.29, 1.82) is 0 Å². The Bertz CT molecular complexity index is 339. The molecular weight excluding hydrogens is 158 g/mol. The Hall–Kier alpha value is -1.76. The second kappa shape index (κ2) is 4.31. The van der Waals surface area contributed by atoms with E-state index in [1.807, 2.05) is 24.5 Å². The number of aromatic amines is 1. The smallest absolute Gasteiger partial charge is 0.00841 e. The molecule has 1 heteroatoms. The quantitative estimate of drug-likeness (QED) is 0.669. The Morgan fingerprint density at radius 3 is 2.62 bits per heavy atom. The lowest BCUT2D eigenvalue weighted by Gasteiger charge is -2.02. The summed E-state index contributed by atoms with van der Waals surface area (Å²) in [6, 6.07) is 1.97. The largest absolute Gasteiger partial charge is 0.367 e. The highest BCUT2D eigenvalue weighted by Gasteiger charge is 2.00. The Labute approximate surface area is 78.8 Å². The van der Waals surface area contributed by atoms with Gasteiger partial charge in [0.05, 0.1) is 0 Å². The van der Waals surface area contributed by atoms with Crippen LogP contribution in [0.3, 0.4) is 0 Å². The molecule has 0 fully saturated rings. The standard InChI is InChI=1S/C12H13N/c1-4-6-11(5-2)10(3)12-7-8-13-9-12/h4-9,13H,1-3H2/b11-6+. The summed E-state index contributed by atoms with van der Waals surface area (Å²) >= 11 is 0. The zero-order valence-corrected chi connectivity index (χ0v) is 7.59. The van der Waals surface area contributed by atoms with Gasteiger partial charge in [0.25, 0.3) is 0 Å². The average Bonchev–Trinajstić information content (AvgIpc) is 2.65. The Morgan fingerprint density at radius 1 is 1.38 bits per heavy atom. The van der Waals surface area contributed by atoms with Crippen LogP contribution in [-0.2, 0) is 0 Å². The third-order valence-corrected chi connectivity index (χ3v) is 1.81. The van der Waals surface area contributed by atoms with Crippen molar-refractivity contribution in [2.24, 2.45) is 0 Å². The molecule has 0 aliphatic rings. The lowest BCUT2D eigenvalue weighted by Crippen LogP contribution is -1.82. The number of aromatic nitrogens is 1. The van der Waals surface area contributed by atoms with E-state index in [9.17, 15) is 0 Å². The van der Waals surface area contributed by atoms with Crippen LogP contribution in [0.2, 0.25) is 0 Å². The molecule has 13 heavy (non-hydrogen) atoms. The fourth-order valence-electron chi connectivity index (χ4n) is 1.10. The molecule has 0 aliphatic carbocycles. The molecule has 0 radical (unpaired) electrons. The van der Waals surface area contributed by atoms with Crippen LogP contribution >= 0.6 is 0 Å². The van der Waals surface area contributed by atoms with E-state index < -0.39 is 0 Å². The molecule has 1 nitrogen and oxygen atoms in total. The van der Waals surface area contributed by atoms with Crippen LogP contribution < -0.4 is 0 Å². The van der Waals surface area contributed by atoms with Gasteiger partial charge in [0.2, 0.25) is 0 Å². The number of rotatable bonds is 4. The third-order valence-electron chi connectivity index (χ3n) is 1.81. The summed E-state index contributed by atoms with van der Waals surface area (Å²) in [5.74, 6) is 0. The molecule has 1 aromatic heterocycles. The normalized spacial score (nSPS) is 10.9. The van der Waals surface area contributed by atoms with Gasteiger partial charge in [0, 0.05) is 12.4 Å². The van der Waals surface area contributed by atoms with E-state index in [0.29, 0.717) is 0 Å². The first kappa shape index (κ1) is 9.33. The molecule has 0 unspecified atom stereocenters. The van der Waals surface area contributed by atoms with Crippen molar-refractivity contribution >= 4 is 5.57 Å². The highest BCUT2D eigenvalue weighted by molar-refractivity contribution is 5.79. The van der Waals surface area contributed by atoms with Crippen molar-refractivity contribution < 1.29 is 0 Å². The average molecular weight is 171 g/mol. The molecule has 0 spiro atoms. The molecule has 0 amide bonds. The van der Waals surface area contributed by atoms with Gasteiger partial charge in [-0.3, -0.25) is 0 Å². The maximum Gasteiger partial charge on any atom is 0.00841 e. The number of H-pyrrole nitrogens is 1. The van der Waals surface area contributed by atoms with Crippen LogP contribution in [0.5, 0.6) is 0 Å². The van der Waals surface area contributed by atoms with Crippen LogP contribution in [0.15, 0.2) is 62.0 Å². The summed E-state index contributed by atoms with van der Waals surface area (Å²) in [5, 5.41) is 0. The minimum atomic E-state index is 0.955. The predicted molar refractivity (Wildman–Crippen MR) is 58.3 cm³/mol. The monoisotopic (exact) mass is 171 g/mol. The Morgan fingerprint density at radius 2 is 2.15 bits per heavy atom. The lowest BCUT2D eigenvalue weighted by atomic mass is 10.0. The minimum Gasteiger partial charge on any atom is -0.367 e. The van der Waals surface area contributed by atoms with Gasteiger partial charge in [-0.25, -0.2) is 0 Å². The zero-order valence-electron chi connectivity index (χ0n) is 7.59. The Balaban J connectivity index is 2.95. The first-order chi connectivity index (χ1) is 6.29. The third kappa shape index (κ3) is 2.09. The van der Waals surface area contributed by atoms with Gasteiger partial charge in [-0.05, 0) is 22.8 Å². The summed E-state index contributed by atoms with van der Waals surface area (Å²) in [5.41, 5.74) is 3.03. The van der Waals surface area contributed by atoms with Gasteiger partial charge < -0.3 is 4.98 Å². The van der Waals surface area contributed by atoms with Crippen LogP contribution in [0.4, 0.5) is 0 Å². The molecule has 0 atom stereocenters. The number of allylic oxidation sites excluding steroid dienone is 5. The molecule has 0 bridgehead atoms. The van der Waals surface area contributed by atoms with Crippen molar-refractivity contribution in [3.05, 3.63) is 67.6 Å². The molecule has 1 aromatic rings. The van der Waals surface area contributed by atoms with Gasteiger partial charge in [-0.2, -0.15) is 0 Å².